The quantitative estimate of drug-likeness (QED) is 0.745. The average Bonchev–Trinajstić information content (AvgIpc) is 3.15. The molecule has 0 amide bonds. The molecule has 1 N–H and O–H groups in total. The van der Waals surface area contributed by atoms with Crippen LogP contribution >= 0.6 is 0 Å². The predicted octanol–water partition coefficient (Wildman–Crippen LogP) is 2.50. The van der Waals surface area contributed by atoms with E-state index in [0.717, 1.165) is 17.0 Å². The fraction of sp³-hybridized carbons (Fsp3) is 0.294. The predicted molar refractivity (Wildman–Crippen MR) is 91.4 cm³/mol. The third-order valence-electron chi connectivity index (χ3n) is 3.93. The van der Waals surface area contributed by atoms with Crippen LogP contribution in [0, 0.1) is 6.92 Å². The molecule has 2 aromatic heterocycles. The molecule has 0 spiro atoms. The van der Waals surface area contributed by atoms with E-state index in [1.165, 1.54) is 0 Å². The molecule has 126 valence electrons. The SMILES string of the molecule is CCn1ccnc1CS(=O)(=O)c1nc(Cc2ccccc2)c(C)[nH]1. The zero-order valence-electron chi connectivity index (χ0n) is 13.7. The van der Waals surface area contributed by atoms with Crippen molar-refractivity contribution in [3.63, 3.8) is 0 Å². The number of rotatable bonds is 6. The van der Waals surface area contributed by atoms with Crippen molar-refractivity contribution in [1.29, 1.82) is 0 Å². The van der Waals surface area contributed by atoms with Gasteiger partial charge in [0.2, 0.25) is 15.0 Å². The lowest BCUT2D eigenvalue weighted by atomic mass is 10.1. The minimum absolute atomic E-state index is 0.0107. The van der Waals surface area contributed by atoms with Gasteiger partial charge in [0.25, 0.3) is 0 Å². The summed E-state index contributed by atoms with van der Waals surface area (Å²) in [6, 6.07) is 9.87. The maximum Gasteiger partial charge on any atom is 0.225 e. The van der Waals surface area contributed by atoms with Crippen LogP contribution in [0.2, 0.25) is 0 Å². The van der Waals surface area contributed by atoms with E-state index in [9.17, 15) is 8.42 Å². The van der Waals surface area contributed by atoms with Gasteiger partial charge in [0.15, 0.2) is 0 Å². The van der Waals surface area contributed by atoms with Gasteiger partial charge >= 0.3 is 0 Å². The Morgan fingerprint density at radius 3 is 2.67 bits per heavy atom. The average molecular weight is 344 g/mol. The number of aryl methyl sites for hydroxylation is 2. The van der Waals surface area contributed by atoms with Crippen LogP contribution in [0.15, 0.2) is 47.9 Å². The highest BCUT2D eigenvalue weighted by molar-refractivity contribution is 7.90. The number of sulfone groups is 1. The lowest BCUT2D eigenvalue weighted by Gasteiger charge is -2.04. The number of imidazole rings is 2. The van der Waals surface area contributed by atoms with E-state index >= 15 is 0 Å². The van der Waals surface area contributed by atoms with Gasteiger partial charge in [-0.15, -0.1) is 0 Å². The maximum atomic E-state index is 12.6. The third-order valence-corrected chi connectivity index (χ3v) is 5.36. The van der Waals surface area contributed by atoms with Crippen molar-refractivity contribution < 1.29 is 8.42 Å². The topological polar surface area (TPSA) is 80.6 Å². The molecule has 0 unspecified atom stereocenters. The Morgan fingerprint density at radius 2 is 1.96 bits per heavy atom. The summed E-state index contributed by atoms with van der Waals surface area (Å²) in [5, 5.41) is 0.0107. The van der Waals surface area contributed by atoms with Crippen LogP contribution < -0.4 is 0 Å². The fourth-order valence-corrected chi connectivity index (χ4v) is 3.86. The number of aromatic amines is 1. The summed E-state index contributed by atoms with van der Waals surface area (Å²) >= 11 is 0. The lowest BCUT2D eigenvalue weighted by molar-refractivity contribution is 0.583. The Morgan fingerprint density at radius 1 is 1.21 bits per heavy atom. The van der Waals surface area contributed by atoms with Gasteiger partial charge in [-0.25, -0.2) is 18.4 Å². The van der Waals surface area contributed by atoms with Gasteiger partial charge in [0.1, 0.15) is 11.6 Å². The molecule has 7 heteroatoms. The van der Waals surface area contributed by atoms with Crippen LogP contribution in [-0.2, 0) is 28.6 Å². The van der Waals surface area contributed by atoms with Gasteiger partial charge in [-0.1, -0.05) is 30.3 Å². The van der Waals surface area contributed by atoms with Crippen molar-refractivity contribution in [1.82, 2.24) is 19.5 Å². The highest BCUT2D eigenvalue weighted by Gasteiger charge is 2.23. The highest BCUT2D eigenvalue weighted by Crippen LogP contribution is 2.17. The standard InChI is InChI=1S/C17H20N4O2S/c1-3-21-10-9-18-16(21)12-24(22,23)17-19-13(2)15(20-17)11-14-7-5-4-6-8-14/h4-10H,3,11-12H2,1-2H3,(H,19,20). The molecule has 0 saturated heterocycles. The van der Waals surface area contributed by atoms with Gasteiger partial charge in [-0.2, -0.15) is 0 Å². The molecule has 0 aliphatic heterocycles. The number of benzene rings is 1. The normalized spacial score (nSPS) is 11.8. The molecular formula is C17H20N4O2S. The Kier molecular flexibility index (Phi) is 4.53. The van der Waals surface area contributed by atoms with E-state index in [2.05, 4.69) is 15.0 Å². The third kappa shape index (κ3) is 3.41. The van der Waals surface area contributed by atoms with E-state index in [1.807, 2.05) is 48.7 Å². The van der Waals surface area contributed by atoms with Crippen LogP contribution in [0.3, 0.4) is 0 Å². The number of hydrogen-bond acceptors (Lipinski definition) is 4. The molecule has 0 atom stereocenters. The minimum atomic E-state index is -3.56. The van der Waals surface area contributed by atoms with Crippen LogP contribution in [0.4, 0.5) is 0 Å². The molecule has 0 aliphatic rings. The number of nitrogens with one attached hydrogen (secondary N) is 1. The van der Waals surface area contributed by atoms with Gasteiger partial charge in [0.05, 0.1) is 5.69 Å². The number of H-pyrrole nitrogens is 1. The van der Waals surface area contributed by atoms with Crippen LogP contribution in [0.5, 0.6) is 0 Å². The summed E-state index contributed by atoms with van der Waals surface area (Å²) in [7, 11) is -3.56. The summed E-state index contributed by atoms with van der Waals surface area (Å²) in [5.74, 6) is 0.363. The minimum Gasteiger partial charge on any atom is -0.334 e. The summed E-state index contributed by atoms with van der Waals surface area (Å²) in [4.78, 5) is 11.4. The molecule has 1 aromatic carbocycles. The number of aromatic nitrogens is 4. The Bertz CT molecular complexity index is 927. The first-order valence-electron chi connectivity index (χ1n) is 7.81. The molecule has 0 fully saturated rings. The van der Waals surface area contributed by atoms with Gasteiger partial charge < -0.3 is 9.55 Å². The van der Waals surface area contributed by atoms with Crippen molar-refractivity contribution in [2.24, 2.45) is 0 Å². The second-order valence-corrected chi connectivity index (χ2v) is 7.57. The lowest BCUT2D eigenvalue weighted by Crippen LogP contribution is -2.12. The molecule has 0 aliphatic carbocycles. The molecule has 0 bridgehead atoms. The van der Waals surface area contributed by atoms with E-state index in [-0.39, 0.29) is 10.9 Å². The maximum absolute atomic E-state index is 12.6. The van der Waals surface area contributed by atoms with Crippen LogP contribution in [-0.4, -0.2) is 27.9 Å². The van der Waals surface area contributed by atoms with Crippen molar-refractivity contribution in [3.05, 3.63) is 65.5 Å². The highest BCUT2D eigenvalue weighted by atomic mass is 32.2. The molecule has 24 heavy (non-hydrogen) atoms. The summed E-state index contributed by atoms with van der Waals surface area (Å²) in [5.41, 5.74) is 2.62. The number of nitrogens with zero attached hydrogens (tertiary/aromatic N) is 3. The Balaban J connectivity index is 1.85. The van der Waals surface area contributed by atoms with Gasteiger partial charge in [-0.3, -0.25) is 0 Å². The molecular weight excluding hydrogens is 324 g/mol. The first kappa shape index (κ1) is 16.4. The first-order valence-corrected chi connectivity index (χ1v) is 9.47. The molecule has 0 radical (unpaired) electrons. The largest absolute Gasteiger partial charge is 0.334 e. The van der Waals surface area contributed by atoms with Gasteiger partial charge in [0, 0.05) is 31.1 Å². The van der Waals surface area contributed by atoms with Crippen molar-refractivity contribution >= 4 is 9.84 Å². The monoisotopic (exact) mass is 344 g/mol. The van der Waals surface area contributed by atoms with Gasteiger partial charge in [-0.05, 0) is 19.4 Å². The molecule has 6 nitrogen and oxygen atoms in total. The van der Waals surface area contributed by atoms with E-state index in [0.29, 0.717) is 18.8 Å². The molecule has 0 saturated carbocycles. The smallest absolute Gasteiger partial charge is 0.225 e. The second kappa shape index (κ2) is 6.60. The zero-order valence-corrected chi connectivity index (χ0v) is 14.5. The van der Waals surface area contributed by atoms with Crippen LogP contribution in [0.25, 0.3) is 0 Å². The number of hydrogen-bond donors (Lipinski definition) is 1. The first-order chi connectivity index (χ1) is 11.5. The van der Waals surface area contributed by atoms with Crippen LogP contribution in [0.1, 0.15) is 29.7 Å². The fourth-order valence-electron chi connectivity index (χ4n) is 2.58. The molecule has 2 heterocycles. The summed E-state index contributed by atoms with van der Waals surface area (Å²) in [6.07, 6.45) is 3.99. The molecule has 3 aromatic rings. The second-order valence-electron chi connectivity index (χ2n) is 5.66. The van der Waals surface area contributed by atoms with E-state index < -0.39 is 9.84 Å². The summed E-state index contributed by atoms with van der Waals surface area (Å²) < 4.78 is 27.1. The Labute approximate surface area is 141 Å². The summed E-state index contributed by atoms with van der Waals surface area (Å²) in [6.45, 7) is 4.48. The van der Waals surface area contributed by atoms with Crippen molar-refractivity contribution in [3.8, 4) is 0 Å². The zero-order chi connectivity index (χ0) is 17.2. The molecule has 3 rings (SSSR count). The van der Waals surface area contributed by atoms with E-state index in [4.69, 9.17) is 0 Å². The van der Waals surface area contributed by atoms with Crippen molar-refractivity contribution in [2.45, 2.75) is 37.7 Å². The van der Waals surface area contributed by atoms with E-state index in [1.54, 1.807) is 12.4 Å². The van der Waals surface area contributed by atoms with Crippen molar-refractivity contribution in [2.75, 3.05) is 0 Å². The Hall–Kier alpha value is -2.41.